The number of methoxy groups -OCH3 is 1. The van der Waals surface area contributed by atoms with Gasteiger partial charge < -0.3 is 10.1 Å². The molecule has 0 fully saturated rings. The SMILES string of the molecule is COC(=O)NC(NC(=O)c1ccccc1)C(Cl)(Cl)Cl. The van der Waals surface area contributed by atoms with Crippen LogP contribution in [-0.4, -0.2) is 29.1 Å². The second-order valence-corrected chi connectivity index (χ2v) is 5.82. The van der Waals surface area contributed by atoms with Gasteiger partial charge in [-0.2, -0.15) is 0 Å². The fourth-order valence-electron chi connectivity index (χ4n) is 1.18. The first-order valence-electron chi connectivity index (χ1n) is 5.11. The van der Waals surface area contributed by atoms with E-state index < -0.39 is 22.0 Å². The Hall–Kier alpha value is -1.17. The Balaban J connectivity index is 2.78. The topological polar surface area (TPSA) is 67.4 Å². The van der Waals surface area contributed by atoms with E-state index in [1.54, 1.807) is 30.3 Å². The Bertz CT molecular complexity index is 448. The number of hydrogen-bond acceptors (Lipinski definition) is 3. The maximum atomic E-state index is 11.9. The van der Waals surface area contributed by atoms with Crippen LogP contribution in [-0.2, 0) is 4.74 Å². The number of amides is 2. The quantitative estimate of drug-likeness (QED) is 0.662. The monoisotopic (exact) mass is 324 g/mol. The molecule has 0 spiro atoms. The van der Waals surface area contributed by atoms with Crippen molar-refractivity contribution in [2.75, 3.05) is 7.11 Å². The maximum Gasteiger partial charge on any atom is 0.408 e. The first-order valence-corrected chi connectivity index (χ1v) is 6.25. The smallest absolute Gasteiger partial charge is 0.408 e. The van der Waals surface area contributed by atoms with Gasteiger partial charge in [0.15, 0.2) is 6.17 Å². The fraction of sp³-hybridized carbons (Fsp3) is 0.273. The molecule has 0 aromatic heterocycles. The second kappa shape index (κ2) is 6.84. The van der Waals surface area contributed by atoms with Crippen LogP contribution in [0.25, 0.3) is 0 Å². The number of ether oxygens (including phenoxy) is 1. The van der Waals surface area contributed by atoms with Gasteiger partial charge in [-0.15, -0.1) is 0 Å². The number of benzene rings is 1. The van der Waals surface area contributed by atoms with Crippen LogP contribution >= 0.6 is 34.8 Å². The molecule has 5 nitrogen and oxygen atoms in total. The molecule has 0 aliphatic rings. The molecule has 0 saturated heterocycles. The molecule has 1 aromatic carbocycles. The highest BCUT2D eigenvalue weighted by Crippen LogP contribution is 2.29. The molecule has 19 heavy (non-hydrogen) atoms. The van der Waals surface area contributed by atoms with E-state index in [2.05, 4.69) is 15.4 Å². The van der Waals surface area contributed by atoms with Crippen molar-refractivity contribution in [2.45, 2.75) is 9.96 Å². The summed E-state index contributed by atoms with van der Waals surface area (Å²) in [6.07, 6.45) is -2.05. The van der Waals surface area contributed by atoms with Crippen LogP contribution in [0.5, 0.6) is 0 Å². The summed E-state index contributed by atoms with van der Waals surface area (Å²) in [7, 11) is 1.16. The molecule has 0 saturated carbocycles. The number of nitrogens with one attached hydrogen (secondary N) is 2. The summed E-state index contributed by atoms with van der Waals surface area (Å²) < 4.78 is 2.47. The number of carbonyl (C=O) groups excluding carboxylic acids is 2. The summed E-state index contributed by atoms with van der Waals surface area (Å²) in [5.74, 6) is -0.492. The lowest BCUT2D eigenvalue weighted by Gasteiger charge is -2.25. The molecule has 2 amide bonds. The first kappa shape index (κ1) is 15.9. The van der Waals surface area contributed by atoms with E-state index in [0.29, 0.717) is 5.56 Å². The van der Waals surface area contributed by atoms with E-state index >= 15 is 0 Å². The minimum absolute atomic E-state index is 0.369. The van der Waals surface area contributed by atoms with Gasteiger partial charge in [0, 0.05) is 5.56 Å². The predicted molar refractivity (Wildman–Crippen MR) is 73.5 cm³/mol. The van der Waals surface area contributed by atoms with E-state index in [1.807, 2.05) is 0 Å². The van der Waals surface area contributed by atoms with Crippen LogP contribution in [0, 0.1) is 0 Å². The summed E-state index contributed by atoms with van der Waals surface area (Å²) in [6.45, 7) is 0. The summed E-state index contributed by atoms with van der Waals surface area (Å²) in [5.41, 5.74) is 0.369. The van der Waals surface area contributed by atoms with Gasteiger partial charge in [0.05, 0.1) is 7.11 Å². The molecule has 0 aliphatic heterocycles. The lowest BCUT2D eigenvalue weighted by Crippen LogP contribution is -2.55. The molecule has 0 radical (unpaired) electrons. The van der Waals surface area contributed by atoms with E-state index in [1.165, 1.54) is 0 Å². The second-order valence-electron chi connectivity index (χ2n) is 3.45. The van der Waals surface area contributed by atoms with Crippen LogP contribution in [0.15, 0.2) is 30.3 Å². The number of alkyl carbamates (subject to hydrolysis) is 1. The van der Waals surface area contributed by atoms with Crippen LogP contribution in [0.2, 0.25) is 0 Å². The van der Waals surface area contributed by atoms with Gasteiger partial charge in [-0.1, -0.05) is 53.0 Å². The Labute approximate surface area is 125 Å². The van der Waals surface area contributed by atoms with Gasteiger partial charge in [-0.3, -0.25) is 10.1 Å². The minimum Gasteiger partial charge on any atom is -0.453 e. The Morgan fingerprint density at radius 3 is 2.21 bits per heavy atom. The van der Waals surface area contributed by atoms with Crippen LogP contribution in [0.4, 0.5) is 4.79 Å². The number of carbonyl (C=O) groups is 2. The van der Waals surface area contributed by atoms with Gasteiger partial charge in [-0.25, -0.2) is 4.79 Å². The number of hydrogen-bond donors (Lipinski definition) is 2. The third-order valence-corrected chi connectivity index (χ3v) is 2.74. The third-order valence-electron chi connectivity index (χ3n) is 2.09. The lowest BCUT2D eigenvalue weighted by molar-refractivity contribution is 0.0927. The zero-order valence-corrected chi connectivity index (χ0v) is 12.1. The summed E-state index contributed by atoms with van der Waals surface area (Å²) >= 11 is 17.0. The molecule has 8 heteroatoms. The fourth-order valence-corrected chi connectivity index (χ4v) is 1.51. The third kappa shape index (κ3) is 5.14. The van der Waals surface area contributed by atoms with Crippen molar-refractivity contribution >= 4 is 46.8 Å². The van der Waals surface area contributed by atoms with Crippen molar-refractivity contribution in [3.05, 3.63) is 35.9 Å². The number of halogens is 3. The molecule has 1 unspecified atom stereocenters. The average Bonchev–Trinajstić information content (AvgIpc) is 2.37. The molecule has 0 bridgehead atoms. The molecule has 2 N–H and O–H groups in total. The zero-order chi connectivity index (χ0) is 14.5. The normalized spacial score (nSPS) is 12.4. The molecule has 1 atom stereocenters. The molecular formula is C11H11Cl3N2O3. The van der Waals surface area contributed by atoms with E-state index in [9.17, 15) is 9.59 Å². The Kier molecular flexibility index (Phi) is 5.72. The van der Waals surface area contributed by atoms with E-state index in [0.717, 1.165) is 7.11 Å². The van der Waals surface area contributed by atoms with Crippen LogP contribution < -0.4 is 10.6 Å². The van der Waals surface area contributed by atoms with Crippen LogP contribution in [0.3, 0.4) is 0 Å². The molecular weight excluding hydrogens is 314 g/mol. The molecule has 0 aliphatic carbocycles. The van der Waals surface area contributed by atoms with Crippen molar-refractivity contribution in [3.63, 3.8) is 0 Å². The first-order chi connectivity index (χ1) is 8.84. The van der Waals surface area contributed by atoms with Crippen molar-refractivity contribution in [3.8, 4) is 0 Å². The molecule has 1 rings (SSSR count). The Morgan fingerprint density at radius 1 is 1.16 bits per heavy atom. The molecule has 104 valence electrons. The summed E-state index contributed by atoms with van der Waals surface area (Å²) in [4.78, 5) is 23.0. The highest BCUT2D eigenvalue weighted by atomic mass is 35.6. The van der Waals surface area contributed by atoms with Gasteiger partial charge in [-0.05, 0) is 12.1 Å². The van der Waals surface area contributed by atoms with Gasteiger partial charge in [0.25, 0.3) is 5.91 Å². The largest absolute Gasteiger partial charge is 0.453 e. The van der Waals surface area contributed by atoms with Crippen molar-refractivity contribution < 1.29 is 14.3 Å². The van der Waals surface area contributed by atoms with E-state index in [4.69, 9.17) is 34.8 Å². The molecule has 1 aromatic rings. The maximum absolute atomic E-state index is 11.9. The van der Waals surface area contributed by atoms with Crippen molar-refractivity contribution in [1.82, 2.24) is 10.6 Å². The van der Waals surface area contributed by atoms with Crippen LogP contribution in [0.1, 0.15) is 10.4 Å². The Morgan fingerprint density at radius 2 is 1.74 bits per heavy atom. The number of alkyl halides is 3. The zero-order valence-electron chi connectivity index (χ0n) is 9.82. The minimum atomic E-state index is -1.92. The predicted octanol–water partition coefficient (Wildman–Crippen LogP) is 2.47. The highest BCUT2D eigenvalue weighted by molar-refractivity contribution is 6.68. The van der Waals surface area contributed by atoms with Gasteiger partial charge in [0.1, 0.15) is 0 Å². The number of rotatable bonds is 3. The lowest BCUT2D eigenvalue weighted by atomic mass is 10.2. The molecule has 0 heterocycles. The summed E-state index contributed by atoms with van der Waals surface area (Å²) in [5, 5.41) is 4.61. The van der Waals surface area contributed by atoms with Crippen molar-refractivity contribution in [2.24, 2.45) is 0 Å². The van der Waals surface area contributed by atoms with Gasteiger partial charge >= 0.3 is 6.09 Å². The average molecular weight is 326 g/mol. The van der Waals surface area contributed by atoms with Gasteiger partial charge in [0.2, 0.25) is 3.79 Å². The highest BCUT2D eigenvalue weighted by Gasteiger charge is 2.35. The van der Waals surface area contributed by atoms with Crippen molar-refractivity contribution in [1.29, 1.82) is 0 Å². The summed E-state index contributed by atoms with van der Waals surface area (Å²) in [6, 6.07) is 8.31. The van der Waals surface area contributed by atoms with E-state index in [-0.39, 0.29) is 0 Å². The standard InChI is InChI=1S/C11H11Cl3N2O3/c1-19-10(18)16-9(11(12,13)14)15-8(17)7-5-3-2-4-6-7/h2-6,9H,1H3,(H,15,17)(H,16,18).